The molecule has 0 aromatic rings. The molecule has 2 nitrogen and oxygen atoms in total. The predicted molar refractivity (Wildman–Crippen MR) is 89.4 cm³/mol. The Hall–Kier alpha value is -0.240. The SMILES string of the molecule is CCCCCCCN(CCCCCCC)C(=O)C(C)Cl. The van der Waals surface area contributed by atoms with Crippen molar-refractivity contribution in [3.8, 4) is 0 Å². The van der Waals surface area contributed by atoms with Gasteiger partial charge in [-0.1, -0.05) is 65.2 Å². The average Bonchev–Trinajstić information content (AvgIpc) is 2.43. The zero-order valence-electron chi connectivity index (χ0n) is 13.8. The first-order valence-corrected chi connectivity index (χ1v) is 9.00. The van der Waals surface area contributed by atoms with E-state index in [1.54, 1.807) is 6.92 Å². The van der Waals surface area contributed by atoms with Gasteiger partial charge in [-0.25, -0.2) is 0 Å². The second-order valence-corrected chi connectivity index (χ2v) is 6.42. The van der Waals surface area contributed by atoms with Crippen LogP contribution in [0.25, 0.3) is 0 Å². The second-order valence-electron chi connectivity index (χ2n) is 5.77. The molecule has 1 atom stereocenters. The molecule has 3 heteroatoms. The molecule has 0 aliphatic rings. The number of carbonyl (C=O) groups excluding carboxylic acids is 1. The summed E-state index contributed by atoms with van der Waals surface area (Å²) in [5, 5.41) is -0.388. The Labute approximate surface area is 131 Å². The smallest absolute Gasteiger partial charge is 0.240 e. The van der Waals surface area contributed by atoms with Crippen molar-refractivity contribution in [2.75, 3.05) is 13.1 Å². The van der Waals surface area contributed by atoms with Crippen LogP contribution < -0.4 is 0 Å². The first kappa shape index (κ1) is 19.8. The molecule has 0 rings (SSSR count). The van der Waals surface area contributed by atoms with E-state index in [1.165, 1.54) is 51.4 Å². The van der Waals surface area contributed by atoms with Gasteiger partial charge in [0.05, 0.1) is 0 Å². The Morgan fingerprint density at radius 2 is 1.25 bits per heavy atom. The number of halogens is 1. The Morgan fingerprint density at radius 1 is 0.850 bits per heavy atom. The van der Waals surface area contributed by atoms with Gasteiger partial charge in [0.25, 0.3) is 0 Å². The van der Waals surface area contributed by atoms with E-state index >= 15 is 0 Å². The van der Waals surface area contributed by atoms with Gasteiger partial charge in [0.2, 0.25) is 5.91 Å². The first-order valence-electron chi connectivity index (χ1n) is 8.56. The number of hydrogen-bond acceptors (Lipinski definition) is 1. The number of rotatable bonds is 13. The summed E-state index contributed by atoms with van der Waals surface area (Å²) in [5.41, 5.74) is 0. The van der Waals surface area contributed by atoms with Crippen LogP contribution in [0.15, 0.2) is 0 Å². The van der Waals surface area contributed by atoms with Gasteiger partial charge in [-0.15, -0.1) is 11.6 Å². The molecule has 0 bridgehead atoms. The van der Waals surface area contributed by atoms with Crippen LogP contribution in [-0.2, 0) is 4.79 Å². The van der Waals surface area contributed by atoms with Gasteiger partial charge in [0, 0.05) is 13.1 Å². The Morgan fingerprint density at radius 3 is 1.60 bits per heavy atom. The largest absolute Gasteiger partial charge is 0.341 e. The highest BCUT2D eigenvalue weighted by Gasteiger charge is 2.17. The van der Waals surface area contributed by atoms with Crippen molar-refractivity contribution in [3.63, 3.8) is 0 Å². The van der Waals surface area contributed by atoms with E-state index in [2.05, 4.69) is 13.8 Å². The van der Waals surface area contributed by atoms with Crippen molar-refractivity contribution in [3.05, 3.63) is 0 Å². The number of nitrogens with zero attached hydrogens (tertiary/aromatic N) is 1. The fourth-order valence-electron chi connectivity index (χ4n) is 2.40. The topological polar surface area (TPSA) is 20.3 Å². The second kappa shape index (κ2) is 13.7. The summed E-state index contributed by atoms with van der Waals surface area (Å²) in [7, 11) is 0. The summed E-state index contributed by atoms with van der Waals surface area (Å²) in [5.74, 6) is 0.109. The highest BCUT2D eigenvalue weighted by Crippen LogP contribution is 2.10. The number of unbranched alkanes of at least 4 members (excludes halogenated alkanes) is 8. The van der Waals surface area contributed by atoms with Crippen LogP contribution in [-0.4, -0.2) is 29.3 Å². The lowest BCUT2D eigenvalue weighted by molar-refractivity contribution is -0.130. The van der Waals surface area contributed by atoms with E-state index in [0.717, 1.165) is 25.9 Å². The summed E-state index contributed by atoms with van der Waals surface area (Å²) < 4.78 is 0. The minimum Gasteiger partial charge on any atom is -0.341 e. The number of carbonyl (C=O) groups is 1. The van der Waals surface area contributed by atoms with Gasteiger partial charge >= 0.3 is 0 Å². The molecule has 1 amide bonds. The fraction of sp³-hybridized carbons (Fsp3) is 0.941. The van der Waals surface area contributed by atoms with Crippen LogP contribution >= 0.6 is 11.6 Å². The van der Waals surface area contributed by atoms with Crippen molar-refractivity contribution in [2.45, 2.75) is 90.4 Å². The molecule has 0 saturated carbocycles. The molecule has 0 N–H and O–H groups in total. The molecule has 0 saturated heterocycles. The third-order valence-electron chi connectivity index (χ3n) is 3.72. The van der Waals surface area contributed by atoms with E-state index in [9.17, 15) is 4.79 Å². The van der Waals surface area contributed by atoms with Crippen molar-refractivity contribution in [2.24, 2.45) is 0 Å². The first-order chi connectivity index (χ1) is 9.63. The summed E-state index contributed by atoms with van der Waals surface area (Å²) in [4.78, 5) is 14.1. The van der Waals surface area contributed by atoms with Crippen LogP contribution in [0.3, 0.4) is 0 Å². The molecular formula is C17H34ClNO. The molecule has 1 unspecified atom stereocenters. The minimum absolute atomic E-state index is 0.109. The maximum absolute atomic E-state index is 12.1. The van der Waals surface area contributed by atoms with Crippen molar-refractivity contribution >= 4 is 17.5 Å². The lowest BCUT2D eigenvalue weighted by atomic mass is 10.1. The van der Waals surface area contributed by atoms with E-state index in [-0.39, 0.29) is 11.3 Å². The van der Waals surface area contributed by atoms with E-state index < -0.39 is 0 Å². The molecule has 0 fully saturated rings. The zero-order chi connectivity index (χ0) is 15.2. The molecule has 0 aromatic heterocycles. The van der Waals surface area contributed by atoms with Gasteiger partial charge in [0.1, 0.15) is 5.38 Å². The Kier molecular flexibility index (Phi) is 13.6. The minimum atomic E-state index is -0.388. The van der Waals surface area contributed by atoms with E-state index in [0.29, 0.717) is 0 Å². The summed E-state index contributed by atoms with van der Waals surface area (Å²) in [6, 6.07) is 0. The van der Waals surface area contributed by atoms with Crippen LogP contribution in [0.4, 0.5) is 0 Å². The predicted octanol–water partition coefficient (Wildman–Crippen LogP) is 5.38. The number of hydrogen-bond donors (Lipinski definition) is 0. The highest BCUT2D eigenvalue weighted by atomic mass is 35.5. The summed E-state index contributed by atoms with van der Waals surface area (Å²) >= 11 is 5.96. The lowest BCUT2D eigenvalue weighted by Gasteiger charge is -2.24. The van der Waals surface area contributed by atoms with Gasteiger partial charge < -0.3 is 4.90 Å². The monoisotopic (exact) mass is 303 g/mol. The van der Waals surface area contributed by atoms with Crippen molar-refractivity contribution in [1.29, 1.82) is 0 Å². The van der Waals surface area contributed by atoms with Gasteiger partial charge in [0.15, 0.2) is 0 Å². The van der Waals surface area contributed by atoms with Gasteiger partial charge in [-0.2, -0.15) is 0 Å². The van der Waals surface area contributed by atoms with Gasteiger partial charge in [-0.3, -0.25) is 4.79 Å². The maximum atomic E-state index is 12.1. The highest BCUT2D eigenvalue weighted by molar-refractivity contribution is 6.30. The third kappa shape index (κ3) is 10.5. The quantitative estimate of drug-likeness (QED) is 0.330. The molecule has 0 radical (unpaired) electrons. The van der Waals surface area contributed by atoms with E-state index in [4.69, 9.17) is 11.6 Å². The molecule has 0 heterocycles. The number of amides is 1. The van der Waals surface area contributed by atoms with Crippen molar-refractivity contribution in [1.82, 2.24) is 4.90 Å². The molecule has 0 aromatic carbocycles. The van der Waals surface area contributed by atoms with Crippen LogP contribution in [0.2, 0.25) is 0 Å². The molecule has 120 valence electrons. The summed E-state index contributed by atoms with van der Waals surface area (Å²) in [6.45, 7) is 7.99. The maximum Gasteiger partial charge on any atom is 0.240 e. The third-order valence-corrected chi connectivity index (χ3v) is 3.90. The van der Waals surface area contributed by atoms with Crippen LogP contribution in [0.5, 0.6) is 0 Å². The fourth-order valence-corrected chi connectivity index (χ4v) is 2.53. The standard InChI is InChI=1S/C17H34ClNO/c1-4-6-8-10-12-14-19(17(20)16(3)18)15-13-11-9-7-5-2/h16H,4-15H2,1-3H3. The van der Waals surface area contributed by atoms with Crippen LogP contribution in [0, 0.1) is 0 Å². The van der Waals surface area contributed by atoms with E-state index in [1.807, 2.05) is 4.90 Å². The summed E-state index contributed by atoms with van der Waals surface area (Å²) in [6.07, 6.45) is 12.4. The average molecular weight is 304 g/mol. The normalized spacial score (nSPS) is 12.4. The van der Waals surface area contributed by atoms with Gasteiger partial charge in [-0.05, 0) is 19.8 Å². The number of alkyl halides is 1. The molecule has 20 heavy (non-hydrogen) atoms. The molecular weight excluding hydrogens is 270 g/mol. The Balaban J connectivity index is 3.92. The Bertz CT molecular complexity index is 217. The van der Waals surface area contributed by atoms with Crippen molar-refractivity contribution < 1.29 is 4.79 Å². The lowest BCUT2D eigenvalue weighted by Crippen LogP contribution is -2.37. The molecule has 0 aliphatic heterocycles. The van der Waals surface area contributed by atoms with Crippen LogP contribution in [0.1, 0.15) is 85.0 Å². The molecule has 0 aliphatic carbocycles. The zero-order valence-corrected chi connectivity index (χ0v) is 14.6. The molecule has 0 spiro atoms.